The minimum Gasteiger partial charge on any atom is -0.399 e. The van der Waals surface area contributed by atoms with Crippen molar-refractivity contribution in [3.8, 4) is 0 Å². The van der Waals surface area contributed by atoms with Gasteiger partial charge in [0.1, 0.15) is 4.90 Å². The largest absolute Gasteiger partial charge is 0.399 e. The fourth-order valence-electron chi connectivity index (χ4n) is 2.17. The SMILES string of the molecule is CNS(=O)(=O)c1cc(N)ccc1NC(C)CC1CC1. The van der Waals surface area contributed by atoms with Gasteiger partial charge in [-0.1, -0.05) is 12.8 Å². The Balaban J connectivity index is 2.23. The van der Waals surface area contributed by atoms with Gasteiger partial charge in [-0.05, 0) is 44.5 Å². The summed E-state index contributed by atoms with van der Waals surface area (Å²) in [4.78, 5) is 0.206. The van der Waals surface area contributed by atoms with Crippen molar-refractivity contribution >= 4 is 21.4 Å². The van der Waals surface area contributed by atoms with Crippen molar-refractivity contribution in [1.82, 2.24) is 4.72 Å². The van der Waals surface area contributed by atoms with Gasteiger partial charge in [-0.25, -0.2) is 13.1 Å². The third-order valence-corrected chi connectivity index (χ3v) is 4.80. The fraction of sp³-hybridized carbons (Fsp3) is 0.538. The predicted octanol–water partition coefficient (Wildman–Crippen LogP) is 1.78. The van der Waals surface area contributed by atoms with Crippen molar-refractivity contribution in [1.29, 1.82) is 0 Å². The van der Waals surface area contributed by atoms with E-state index in [2.05, 4.69) is 17.0 Å². The average molecular weight is 283 g/mol. The zero-order valence-electron chi connectivity index (χ0n) is 11.3. The molecule has 0 spiro atoms. The van der Waals surface area contributed by atoms with Gasteiger partial charge in [0, 0.05) is 11.7 Å². The first-order valence-corrected chi connectivity index (χ1v) is 8.00. The van der Waals surface area contributed by atoms with E-state index in [-0.39, 0.29) is 10.9 Å². The van der Waals surface area contributed by atoms with Crippen LogP contribution in [0.5, 0.6) is 0 Å². The van der Waals surface area contributed by atoms with E-state index in [1.807, 2.05) is 0 Å². The molecule has 0 saturated heterocycles. The number of nitrogens with two attached hydrogens (primary N) is 1. The summed E-state index contributed by atoms with van der Waals surface area (Å²) in [5, 5.41) is 3.27. The van der Waals surface area contributed by atoms with Crippen LogP contribution in [0.15, 0.2) is 23.1 Å². The van der Waals surface area contributed by atoms with Gasteiger partial charge in [0.25, 0.3) is 0 Å². The zero-order valence-corrected chi connectivity index (χ0v) is 12.1. The Kier molecular flexibility index (Phi) is 4.01. The Bertz CT molecular complexity index is 553. The minimum atomic E-state index is -3.50. The standard InChI is InChI=1S/C13H21N3O2S/c1-9(7-10-3-4-10)16-12-6-5-11(14)8-13(12)19(17,18)15-2/h5-6,8-10,15-16H,3-4,7,14H2,1-2H3. The van der Waals surface area contributed by atoms with E-state index in [1.54, 1.807) is 12.1 Å². The van der Waals surface area contributed by atoms with Crippen LogP contribution in [0.1, 0.15) is 26.2 Å². The minimum absolute atomic E-state index is 0.206. The number of sulfonamides is 1. The lowest BCUT2D eigenvalue weighted by Crippen LogP contribution is -2.23. The maximum Gasteiger partial charge on any atom is 0.242 e. The van der Waals surface area contributed by atoms with Crippen LogP contribution >= 0.6 is 0 Å². The third-order valence-electron chi connectivity index (χ3n) is 3.35. The molecule has 2 rings (SSSR count). The topological polar surface area (TPSA) is 84.2 Å². The highest BCUT2D eigenvalue weighted by Gasteiger charge is 2.24. The van der Waals surface area contributed by atoms with Gasteiger partial charge in [-0.2, -0.15) is 0 Å². The van der Waals surface area contributed by atoms with E-state index < -0.39 is 10.0 Å². The highest BCUT2D eigenvalue weighted by atomic mass is 32.2. The molecular weight excluding hydrogens is 262 g/mol. The molecule has 1 unspecified atom stereocenters. The number of rotatable bonds is 6. The summed E-state index contributed by atoms with van der Waals surface area (Å²) in [5.74, 6) is 0.792. The van der Waals surface area contributed by atoms with Crippen molar-refractivity contribution in [3.63, 3.8) is 0 Å². The van der Waals surface area contributed by atoms with E-state index in [9.17, 15) is 8.42 Å². The van der Waals surface area contributed by atoms with Crippen molar-refractivity contribution in [2.75, 3.05) is 18.1 Å². The molecule has 6 heteroatoms. The Morgan fingerprint density at radius 2 is 2.11 bits per heavy atom. The van der Waals surface area contributed by atoms with Gasteiger partial charge in [0.2, 0.25) is 10.0 Å². The van der Waals surface area contributed by atoms with Crippen LogP contribution in [0.3, 0.4) is 0 Å². The van der Waals surface area contributed by atoms with Crippen LogP contribution in [0.25, 0.3) is 0 Å². The number of benzene rings is 1. The quantitative estimate of drug-likeness (QED) is 0.695. The van der Waals surface area contributed by atoms with Crippen LogP contribution in [0.2, 0.25) is 0 Å². The van der Waals surface area contributed by atoms with E-state index in [0.717, 1.165) is 12.3 Å². The molecule has 5 nitrogen and oxygen atoms in total. The smallest absolute Gasteiger partial charge is 0.242 e. The van der Waals surface area contributed by atoms with Crippen molar-refractivity contribution in [2.45, 2.75) is 37.1 Å². The van der Waals surface area contributed by atoms with Crippen molar-refractivity contribution in [2.24, 2.45) is 5.92 Å². The summed E-state index contributed by atoms with van der Waals surface area (Å²) in [5.41, 5.74) is 6.73. The molecule has 1 saturated carbocycles. The maximum absolute atomic E-state index is 12.0. The number of nitrogen functional groups attached to an aromatic ring is 1. The molecule has 4 N–H and O–H groups in total. The summed E-state index contributed by atoms with van der Waals surface area (Å²) in [6.07, 6.45) is 3.65. The summed E-state index contributed by atoms with van der Waals surface area (Å²) < 4.78 is 26.3. The van der Waals surface area contributed by atoms with Gasteiger partial charge in [-0.15, -0.1) is 0 Å². The summed E-state index contributed by atoms with van der Waals surface area (Å²) >= 11 is 0. The summed E-state index contributed by atoms with van der Waals surface area (Å²) in [6, 6.07) is 5.17. The number of nitrogens with one attached hydrogen (secondary N) is 2. The highest BCUT2D eigenvalue weighted by Crippen LogP contribution is 2.34. The second kappa shape index (κ2) is 5.38. The average Bonchev–Trinajstić information content (AvgIpc) is 3.15. The number of hydrogen-bond donors (Lipinski definition) is 3. The lowest BCUT2D eigenvalue weighted by Gasteiger charge is -2.18. The molecule has 1 aliphatic carbocycles. The van der Waals surface area contributed by atoms with Crippen molar-refractivity contribution in [3.05, 3.63) is 18.2 Å². The molecule has 19 heavy (non-hydrogen) atoms. The fourth-order valence-corrected chi connectivity index (χ4v) is 3.10. The van der Waals surface area contributed by atoms with Crippen LogP contribution in [0.4, 0.5) is 11.4 Å². The lowest BCUT2D eigenvalue weighted by atomic mass is 10.1. The van der Waals surface area contributed by atoms with Gasteiger partial charge >= 0.3 is 0 Å². The molecule has 0 bridgehead atoms. The predicted molar refractivity (Wildman–Crippen MR) is 77.5 cm³/mol. The second-order valence-electron chi connectivity index (χ2n) is 5.19. The Morgan fingerprint density at radius 3 is 2.68 bits per heavy atom. The van der Waals surface area contributed by atoms with E-state index in [4.69, 9.17) is 5.73 Å². The molecule has 1 atom stereocenters. The molecule has 1 aliphatic rings. The zero-order chi connectivity index (χ0) is 14.0. The molecule has 0 aliphatic heterocycles. The monoisotopic (exact) mass is 283 g/mol. The van der Waals surface area contributed by atoms with Gasteiger partial charge in [0.15, 0.2) is 0 Å². The molecule has 1 fully saturated rings. The normalized spacial score (nSPS) is 17.2. The highest BCUT2D eigenvalue weighted by molar-refractivity contribution is 7.89. The maximum atomic E-state index is 12.0. The van der Waals surface area contributed by atoms with E-state index >= 15 is 0 Å². The molecule has 0 radical (unpaired) electrons. The summed E-state index contributed by atoms with van der Waals surface area (Å²) in [6.45, 7) is 2.07. The first kappa shape index (κ1) is 14.1. The van der Waals surface area contributed by atoms with E-state index in [0.29, 0.717) is 11.4 Å². The summed E-state index contributed by atoms with van der Waals surface area (Å²) in [7, 11) is -2.10. The van der Waals surface area contributed by atoms with Crippen LogP contribution in [0, 0.1) is 5.92 Å². The lowest BCUT2D eigenvalue weighted by molar-refractivity contribution is 0.588. The molecule has 0 heterocycles. The first-order valence-electron chi connectivity index (χ1n) is 6.52. The molecule has 0 amide bonds. The number of hydrogen-bond acceptors (Lipinski definition) is 4. The molecule has 1 aromatic rings. The Morgan fingerprint density at radius 1 is 1.42 bits per heavy atom. The van der Waals surface area contributed by atoms with Gasteiger partial charge in [-0.3, -0.25) is 0 Å². The first-order chi connectivity index (χ1) is 8.92. The van der Waals surface area contributed by atoms with Gasteiger partial charge in [0.05, 0.1) is 5.69 Å². The van der Waals surface area contributed by atoms with Gasteiger partial charge < -0.3 is 11.1 Å². The number of anilines is 2. The second-order valence-corrected chi connectivity index (χ2v) is 7.04. The van der Waals surface area contributed by atoms with E-state index in [1.165, 1.54) is 26.0 Å². The van der Waals surface area contributed by atoms with Crippen LogP contribution in [-0.4, -0.2) is 21.5 Å². The molecule has 1 aromatic carbocycles. The van der Waals surface area contributed by atoms with Crippen molar-refractivity contribution < 1.29 is 8.42 Å². The van der Waals surface area contributed by atoms with Crippen LogP contribution in [-0.2, 0) is 10.0 Å². The Labute approximate surface area is 114 Å². The Hall–Kier alpha value is -1.27. The third kappa shape index (κ3) is 3.61. The molecule has 106 valence electrons. The molecule has 0 aromatic heterocycles. The van der Waals surface area contributed by atoms with Crippen LogP contribution < -0.4 is 15.8 Å². The molecular formula is C13H21N3O2S.